The molecule has 0 N–H and O–H groups in total. The molecule has 0 radical (unpaired) electrons. The van der Waals surface area contributed by atoms with Crippen LogP contribution in [0.4, 0.5) is 17.1 Å². The fourth-order valence-corrected chi connectivity index (χ4v) is 11.3. The van der Waals surface area contributed by atoms with Crippen molar-refractivity contribution in [3.05, 3.63) is 291 Å². The van der Waals surface area contributed by atoms with Crippen molar-refractivity contribution >= 4 is 60.8 Å². The van der Waals surface area contributed by atoms with Crippen molar-refractivity contribution in [3.63, 3.8) is 0 Å². The number of benzene rings is 12. The highest BCUT2D eigenvalue weighted by atomic mass is 16.3. The van der Waals surface area contributed by atoms with Crippen molar-refractivity contribution in [1.29, 1.82) is 0 Å². The maximum absolute atomic E-state index is 6.30. The summed E-state index contributed by atoms with van der Waals surface area (Å²) in [5.41, 5.74) is 22.6. The summed E-state index contributed by atoms with van der Waals surface area (Å²) in [6, 6.07) is 105. The molecule has 0 bridgehead atoms. The molecule has 0 atom stereocenters. The lowest BCUT2D eigenvalue weighted by atomic mass is 9.87. The van der Waals surface area contributed by atoms with E-state index in [0.717, 1.165) is 72.5 Å². The predicted octanol–water partition coefficient (Wildman–Crippen LogP) is 20.2. The smallest absolute Gasteiger partial charge is 0.136 e. The number of hydrogen-bond acceptors (Lipinski definition) is 2. The average Bonchev–Trinajstić information content (AvgIpc) is 4.05. The first-order chi connectivity index (χ1) is 37.2. The summed E-state index contributed by atoms with van der Waals surface area (Å²) in [6.45, 7) is 0. The van der Waals surface area contributed by atoms with Crippen molar-refractivity contribution in [2.45, 2.75) is 0 Å². The van der Waals surface area contributed by atoms with Crippen molar-refractivity contribution < 1.29 is 4.42 Å². The van der Waals surface area contributed by atoms with Gasteiger partial charge in [-0.1, -0.05) is 212 Å². The lowest BCUT2D eigenvalue weighted by molar-refractivity contribution is 0.669. The third-order valence-corrected chi connectivity index (χ3v) is 14.9. The molecule has 0 aliphatic carbocycles. The topological polar surface area (TPSA) is 21.3 Å². The van der Waals surface area contributed by atoms with E-state index in [2.05, 4.69) is 289 Å². The van der Waals surface area contributed by atoms with Crippen molar-refractivity contribution in [3.8, 4) is 72.4 Å². The molecule has 14 rings (SSSR count). The molecule has 14 aromatic rings. The highest BCUT2D eigenvalue weighted by Gasteiger charge is 2.19. The second-order valence-corrected chi connectivity index (χ2v) is 19.2. The van der Waals surface area contributed by atoms with Crippen molar-refractivity contribution in [2.75, 3.05) is 4.90 Å². The van der Waals surface area contributed by atoms with Crippen LogP contribution in [-0.2, 0) is 0 Å². The summed E-state index contributed by atoms with van der Waals surface area (Å²) < 4.78 is 8.69. The number of fused-ring (bicyclic) bond motifs is 6. The Hall–Kier alpha value is -9.96. The average molecular weight is 957 g/mol. The Bertz CT molecular complexity index is 4340. The minimum atomic E-state index is 0.891. The van der Waals surface area contributed by atoms with Gasteiger partial charge in [0.2, 0.25) is 0 Å². The summed E-state index contributed by atoms with van der Waals surface area (Å²) >= 11 is 0. The Kier molecular flexibility index (Phi) is 10.8. The van der Waals surface area contributed by atoms with Crippen LogP contribution in [0.25, 0.3) is 116 Å². The predicted molar refractivity (Wildman–Crippen MR) is 315 cm³/mol. The molecule has 0 saturated carbocycles. The second-order valence-electron chi connectivity index (χ2n) is 19.2. The number of nitrogens with zero attached hydrogens (tertiary/aromatic N) is 2. The zero-order valence-corrected chi connectivity index (χ0v) is 41.0. The molecule has 3 nitrogen and oxygen atoms in total. The summed E-state index contributed by atoms with van der Waals surface area (Å²) in [5.74, 6) is 0. The molecule has 12 aromatic carbocycles. The molecule has 2 aromatic heterocycles. The number of anilines is 3. The first kappa shape index (κ1) is 43.8. The highest BCUT2D eigenvalue weighted by Crippen LogP contribution is 2.44. The lowest BCUT2D eigenvalue weighted by Crippen LogP contribution is -2.09. The Morgan fingerprint density at radius 2 is 0.627 bits per heavy atom. The van der Waals surface area contributed by atoms with Crippen LogP contribution in [0.2, 0.25) is 0 Å². The van der Waals surface area contributed by atoms with Gasteiger partial charge in [0.25, 0.3) is 0 Å². The Morgan fingerprint density at radius 3 is 1.19 bits per heavy atom. The summed E-state index contributed by atoms with van der Waals surface area (Å²) in [4.78, 5) is 2.36. The van der Waals surface area contributed by atoms with Gasteiger partial charge in [0.05, 0.1) is 11.0 Å². The monoisotopic (exact) mass is 956 g/mol. The van der Waals surface area contributed by atoms with E-state index in [4.69, 9.17) is 4.42 Å². The number of para-hydroxylation sites is 3. The van der Waals surface area contributed by atoms with Gasteiger partial charge in [-0.2, -0.15) is 0 Å². The van der Waals surface area contributed by atoms with Gasteiger partial charge >= 0.3 is 0 Å². The zero-order valence-electron chi connectivity index (χ0n) is 41.0. The second kappa shape index (κ2) is 18.6. The van der Waals surface area contributed by atoms with E-state index >= 15 is 0 Å². The van der Waals surface area contributed by atoms with Gasteiger partial charge in [-0.25, -0.2) is 0 Å². The Balaban J connectivity index is 0.836. The molecular weight excluding hydrogens is 909 g/mol. The van der Waals surface area contributed by atoms with E-state index < -0.39 is 0 Å². The molecule has 0 aliphatic heterocycles. The summed E-state index contributed by atoms with van der Waals surface area (Å²) in [6.07, 6.45) is 0. The van der Waals surface area contributed by atoms with Crippen molar-refractivity contribution in [2.24, 2.45) is 0 Å². The van der Waals surface area contributed by atoms with E-state index in [1.165, 1.54) is 60.8 Å². The number of aromatic nitrogens is 1. The van der Waals surface area contributed by atoms with Gasteiger partial charge in [-0.15, -0.1) is 0 Å². The molecule has 352 valence electrons. The van der Waals surface area contributed by atoms with Gasteiger partial charge < -0.3 is 13.9 Å². The lowest BCUT2D eigenvalue weighted by Gasteiger charge is -2.26. The van der Waals surface area contributed by atoms with Gasteiger partial charge in [-0.3, -0.25) is 0 Å². The van der Waals surface area contributed by atoms with Gasteiger partial charge in [0.15, 0.2) is 0 Å². The standard InChI is InChI=1S/C72H48N2O/c1-2-17-51(18-3-1)59-21-4-6-23-61(59)63-25-8-9-26-64(63)62-24-7-5-22-60(62)52-37-44-57(45-38-52)73(56-42-35-50(36-43-56)54-39-46-68-67-29-12-15-32-71(67)75-72(68)48-54)55-40-33-49(34-41-55)53-19-16-20-58(47-53)74-69-30-13-10-27-65(69)66-28-11-14-31-70(66)74/h1-48H. The molecule has 2 heterocycles. The molecule has 0 aliphatic rings. The first-order valence-corrected chi connectivity index (χ1v) is 25.6. The summed E-state index contributed by atoms with van der Waals surface area (Å²) in [5, 5.41) is 4.77. The van der Waals surface area contributed by atoms with Crippen LogP contribution in [0, 0.1) is 0 Å². The molecule has 75 heavy (non-hydrogen) atoms. The first-order valence-electron chi connectivity index (χ1n) is 25.6. The minimum absolute atomic E-state index is 0.891. The minimum Gasteiger partial charge on any atom is -0.456 e. The molecule has 0 saturated heterocycles. The molecule has 0 fully saturated rings. The van der Waals surface area contributed by atoms with E-state index in [1.54, 1.807) is 0 Å². The number of hydrogen-bond donors (Lipinski definition) is 0. The SMILES string of the molecule is c1ccc(-c2ccccc2-c2ccccc2-c2ccccc2-c2ccc(N(c3ccc(-c4cccc(-n5c6ccccc6c6ccccc65)c4)cc3)c3ccc(-c4ccc5c(c4)oc4ccccc45)cc3)cc2)cc1. The van der Waals surface area contributed by atoms with E-state index in [1.807, 2.05) is 12.1 Å². The van der Waals surface area contributed by atoms with Crippen molar-refractivity contribution in [1.82, 2.24) is 4.57 Å². The molecule has 0 amide bonds. The van der Waals surface area contributed by atoms with Gasteiger partial charge in [0.1, 0.15) is 11.2 Å². The van der Waals surface area contributed by atoms with E-state index in [9.17, 15) is 0 Å². The fraction of sp³-hybridized carbons (Fsp3) is 0. The normalized spacial score (nSPS) is 11.5. The van der Waals surface area contributed by atoms with E-state index in [0.29, 0.717) is 0 Å². The van der Waals surface area contributed by atoms with Crippen LogP contribution in [-0.4, -0.2) is 4.57 Å². The van der Waals surface area contributed by atoms with Crippen LogP contribution < -0.4 is 4.90 Å². The number of furan rings is 1. The Labute approximate surface area is 436 Å². The maximum atomic E-state index is 6.30. The molecular formula is C72H48N2O. The zero-order chi connectivity index (χ0) is 49.7. The maximum Gasteiger partial charge on any atom is 0.136 e. The Morgan fingerprint density at radius 1 is 0.240 bits per heavy atom. The highest BCUT2D eigenvalue weighted by molar-refractivity contribution is 6.09. The van der Waals surface area contributed by atoms with Crippen LogP contribution in [0.3, 0.4) is 0 Å². The van der Waals surface area contributed by atoms with Gasteiger partial charge in [0, 0.05) is 44.3 Å². The molecule has 0 unspecified atom stereocenters. The summed E-state index contributed by atoms with van der Waals surface area (Å²) in [7, 11) is 0. The van der Waals surface area contributed by atoms with E-state index in [-0.39, 0.29) is 0 Å². The van der Waals surface area contributed by atoms with Crippen LogP contribution in [0.1, 0.15) is 0 Å². The van der Waals surface area contributed by atoms with Crippen LogP contribution in [0.5, 0.6) is 0 Å². The van der Waals surface area contributed by atoms with Gasteiger partial charge in [-0.05, 0) is 146 Å². The van der Waals surface area contributed by atoms with Crippen LogP contribution in [0.15, 0.2) is 296 Å². The third-order valence-electron chi connectivity index (χ3n) is 14.9. The molecule has 3 heteroatoms. The molecule has 0 spiro atoms. The fourth-order valence-electron chi connectivity index (χ4n) is 11.3. The third kappa shape index (κ3) is 7.86. The van der Waals surface area contributed by atoms with Crippen LogP contribution >= 0.6 is 0 Å². The largest absolute Gasteiger partial charge is 0.456 e. The quantitative estimate of drug-likeness (QED) is 0.136. The number of rotatable bonds is 10.